The van der Waals surface area contributed by atoms with Crippen molar-refractivity contribution in [1.29, 1.82) is 0 Å². The maximum atomic E-state index is 13.3. The summed E-state index contributed by atoms with van der Waals surface area (Å²) in [6.45, 7) is 3.58. The lowest BCUT2D eigenvalue weighted by Gasteiger charge is -2.41. The molecule has 0 bridgehead atoms. The smallest absolute Gasteiger partial charge is 0.448 e. The van der Waals surface area contributed by atoms with Gasteiger partial charge in [0.25, 0.3) is 5.91 Å². The Kier molecular flexibility index (Phi) is 3.71. The number of carbonyl (C=O) groups is 2. The minimum absolute atomic E-state index is 0.0505. The van der Waals surface area contributed by atoms with Gasteiger partial charge in [0, 0.05) is 24.7 Å². The average Bonchev–Trinajstić information content (AvgIpc) is 2.59. The molecule has 7 heteroatoms. The third-order valence-electron chi connectivity index (χ3n) is 4.28. The first-order valence-electron chi connectivity index (χ1n) is 6.51. The van der Waals surface area contributed by atoms with Crippen LogP contribution in [0.1, 0.15) is 38.5 Å². The van der Waals surface area contributed by atoms with Gasteiger partial charge in [0.15, 0.2) is 0 Å². The fourth-order valence-corrected chi connectivity index (χ4v) is 3.25. The Morgan fingerprint density at radius 3 is 2.55 bits per heavy atom. The van der Waals surface area contributed by atoms with Crippen molar-refractivity contribution in [2.75, 3.05) is 0 Å². The van der Waals surface area contributed by atoms with E-state index in [1.54, 1.807) is 6.08 Å². The molecule has 0 aromatic rings. The monoisotopic (exact) mass is 289 g/mol. The Morgan fingerprint density at radius 1 is 1.45 bits per heavy atom. The van der Waals surface area contributed by atoms with Gasteiger partial charge in [-0.2, -0.15) is 5.06 Å². The van der Waals surface area contributed by atoms with Crippen LogP contribution in [0, 0.1) is 5.41 Å². The van der Waals surface area contributed by atoms with E-state index in [1.165, 1.54) is 0 Å². The molecule has 1 unspecified atom stereocenters. The molecule has 1 spiro atoms. The van der Waals surface area contributed by atoms with E-state index < -0.39 is 29.4 Å². The minimum atomic E-state index is -2.70. The zero-order valence-corrected chi connectivity index (χ0v) is 11.0. The van der Waals surface area contributed by atoms with Gasteiger partial charge in [0.1, 0.15) is 0 Å². The number of nitrogens with zero attached hydrogens (tertiary/aromatic N) is 1. The van der Waals surface area contributed by atoms with E-state index in [1.807, 2.05) is 0 Å². The summed E-state index contributed by atoms with van der Waals surface area (Å²) in [6.07, 6.45) is 0.151. The van der Waals surface area contributed by atoms with Crippen LogP contribution in [0.3, 0.4) is 0 Å². The van der Waals surface area contributed by atoms with Crippen LogP contribution in [0.2, 0.25) is 0 Å². The topological polar surface area (TPSA) is 66.8 Å². The number of hydroxylamine groups is 2. The quantitative estimate of drug-likeness (QED) is 0.811. The standard InChI is InChI=1S/C13H17F2NO4/c1-2-3-9-12(4-6-13(14,15)7-5-12)8-10(17)16(9)20-11(18)19/h2,9H,1,3-8H2,(H,18,19). The summed E-state index contributed by atoms with van der Waals surface area (Å²) in [5.41, 5.74) is -0.637. The molecule has 1 saturated carbocycles. The Hall–Kier alpha value is -1.66. The van der Waals surface area contributed by atoms with Crippen molar-refractivity contribution in [1.82, 2.24) is 5.06 Å². The Labute approximate surface area is 115 Å². The van der Waals surface area contributed by atoms with Gasteiger partial charge in [-0.15, -0.1) is 6.58 Å². The lowest BCUT2D eigenvalue weighted by Crippen LogP contribution is -2.44. The van der Waals surface area contributed by atoms with Crippen molar-refractivity contribution < 1.29 is 28.3 Å². The van der Waals surface area contributed by atoms with E-state index in [4.69, 9.17) is 5.11 Å². The van der Waals surface area contributed by atoms with Crippen molar-refractivity contribution in [3.05, 3.63) is 12.7 Å². The largest absolute Gasteiger partial charge is 0.531 e. The predicted octanol–water partition coefficient (Wildman–Crippen LogP) is 2.97. The number of halogens is 2. The molecule has 1 saturated heterocycles. The van der Waals surface area contributed by atoms with Crippen LogP contribution < -0.4 is 0 Å². The second kappa shape index (κ2) is 5.03. The summed E-state index contributed by atoms with van der Waals surface area (Å²) in [7, 11) is 0. The van der Waals surface area contributed by atoms with Gasteiger partial charge in [0.05, 0.1) is 6.04 Å². The van der Waals surface area contributed by atoms with Gasteiger partial charge in [0.2, 0.25) is 5.92 Å². The molecular formula is C13H17F2NO4. The highest BCUT2D eigenvalue weighted by Crippen LogP contribution is 2.53. The predicted molar refractivity (Wildman–Crippen MR) is 65.0 cm³/mol. The molecule has 1 heterocycles. The van der Waals surface area contributed by atoms with E-state index in [9.17, 15) is 18.4 Å². The molecule has 1 amide bonds. The molecule has 1 aliphatic carbocycles. The van der Waals surface area contributed by atoms with Crippen molar-refractivity contribution in [3.8, 4) is 0 Å². The summed E-state index contributed by atoms with van der Waals surface area (Å²) < 4.78 is 26.6. The maximum Gasteiger partial charge on any atom is 0.531 e. The average molecular weight is 289 g/mol. The Bertz CT molecular complexity index is 428. The van der Waals surface area contributed by atoms with Crippen LogP contribution in [-0.2, 0) is 9.63 Å². The number of hydrogen-bond donors (Lipinski definition) is 1. The molecule has 0 aromatic carbocycles. The SMILES string of the molecule is C=CCC1N(OC(=O)O)C(=O)CC12CCC(F)(F)CC2. The molecule has 2 fully saturated rings. The molecule has 112 valence electrons. The molecule has 1 N–H and O–H groups in total. The van der Waals surface area contributed by atoms with Gasteiger partial charge < -0.3 is 9.94 Å². The third-order valence-corrected chi connectivity index (χ3v) is 4.28. The highest BCUT2D eigenvalue weighted by molar-refractivity contribution is 5.80. The van der Waals surface area contributed by atoms with E-state index in [2.05, 4.69) is 11.4 Å². The normalized spacial score (nSPS) is 27.6. The van der Waals surface area contributed by atoms with Crippen LogP contribution in [0.15, 0.2) is 12.7 Å². The fourth-order valence-electron chi connectivity index (χ4n) is 3.25. The zero-order valence-electron chi connectivity index (χ0n) is 11.0. The van der Waals surface area contributed by atoms with Gasteiger partial charge in [-0.1, -0.05) is 6.08 Å². The molecule has 1 atom stereocenters. The number of carbonyl (C=O) groups excluding carboxylic acids is 1. The number of alkyl halides is 2. The van der Waals surface area contributed by atoms with Crippen LogP contribution in [0.25, 0.3) is 0 Å². The lowest BCUT2D eigenvalue weighted by molar-refractivity contribution is -0.176. The number of hydrogen-bond acceptors (Lipinski definition) is 3. The lowest BCUT2D eigenvalue weighted by atomic mass is 9.67. The van der Waals surface area contributed by atoms with Crippen LogP contribution in [0.5, 0.6) is 0 Å². The number of carboxylic acid groups (broad SMARTS) is 1. The van der Waals surface area contributed by atoms with Crippen LogP contribution in [0.4, 0.5) is 13.6 Å². The first kappa shape index (κ1) is 14.7. The van der Waals surface area contributed by atoms with Crippen molar-refractivity contribution >= 4 is 12.1 Å². The van der Waals surface area contributed by atoms with E-state index >= 15 is 0 Å². The first-order chi connectivity index (χ1) is 9.30. The molecule has 2 aliphatic rings. The van der Waals surface area contributed by atoms with E-state index in [0.717, 1.165) is 5.06 Å². The summed E-state index contributed by atoms with van der Waals surface area (Å²) in [5, 5.41) is 9.51. The van der Waals surface area contributed by atoms with Gasteiger partial charge in [-0.25, -0.2) is 13.6 Å². The van der Waals surface area contributed by atoms with Crippen molar-refractivity contribution in [2.24, 2.45) is 5.41 Å². The van der Waals surface area contributed by atoms with Gasteiger partial charge in [-0.3, -0.25) is 4.79 Å². The zero-order chi connectivity index (χ0) is 15.0. The molecular weight excluding hydrogens is 272 g/mol. The molecule has 0 aromatic heterocycles. The Morgan fingerprint density at radius 2 is 2.05 bits per heavy atom. The first-order valence-corrected chi connectivity index (χ1v) is 6.51. The number of rotatable bonds is 3. The molecule has 5 nitrogen and oxygen atoms in total. The summed E-state index contributed by atoms with van der Waals surface area (Å²) in [6, 6.07) is -0.542. The second-order valence-corrected chi connectivity index (χ2v) is 5.51. The Balaban J connectivity index is 2.22. The molecule has 20 heavy (non-hydrogen) atoms. The highest BCUT2D eigenvalue weighted by Gasteiger charge is 2.56. The summed E-state index contributed by atoms with van der Waals surface area (Å²) >= 11 is 0. The number of amides is 1. The molecule has 2 rings (SSSR count). The van der Waals surface area contributed by atoms with E-state index in [0.29, 0.717) is 6.42 Å². The molecule has 1 aliphatic heterocycles. The molecule has 0 radical (unpaired) electrons. The second-order valence-electron chi connectivity index (χ2n) is 5.51. The maximum absolute atomic E-state index is 13.3. The minimum Gasteiger partial charge on any atom is -0.448 e. The van der Waals surface area contributed by atoms with Crippen LogP contribution in [-0.4, -0.2) is 34.2 Å². The third kappa shape index (κ3) is 2.62. The van der Waals surface area contributed by atoms with Gasteiger partial charge in [-0.05, 0) is 19.3 Å². The summed E-state index contributed by atoms with van der Waals surface area (Å²) in [4.78, 5) is 27.1. The van der Waals surface area contributed by atoms with Crippen LogP contribution >= 0.6 is 0 Å². The van der Waals surface area contributed by atoms with Crippen molar-refractivity contribution in [2.45, 2.75) is 50.5 Å². The summed E-state index contributed by atoms with van der Waals surface area (Å²) in [5.74, 6) is -3.17. The fraction of sp³-hybridized carbons (Fsp3) is 0.692. The van der Waals surface area contributed by atoms with Crippen molar-refractivity contribution in [3.63, 3.8) is 0 Å². The van der Waals surface area contributed by atoms with E-state index in [-0.39, 0.29) is 32.1 Å². The van der Waals surface area contributed by atoms with Gasteiger partial charge >= 0.3 is 6.16 Å². The highest BCUT2D eigenvalue weighted by atomic mass is 19.3.